The second-order valence-electron chi connectivity index (χ2n) is 10.7. The number of nitrogens with zero attached hydrogens (tertiary/aromatic N) is 4. The van der Waals surface area contributed by atoms with Gasteiger partial charge in [0, 0.05) is 17.9 Å². The SMILES string of the molecule is CN1CCC2(CC1)CC2C(=O)N[C@@H](CCCCCC(=O)c1ncco1)c1oc(-c2ccc(F)cc2)nc1C#N. The third-order valence-corrected chi connectivity index (χ3v) is 8.04. The van der Waals surface area contributed by atoms with Crippen LogP contribution in [0, 0.1) is 28.5 Å². The van der Waals surface area contributed by atoms with E-state index in [0.717, 1.165) is 38.8 Å². The first-order valence-corrected chi connectivity index (χ1v) is 13.5. The molecule has 5 rings (SSSR count). The highest BCUT2D eigenvalue weighted by atomic mass is 19.1. The summed E-state index contributed by atoms with van der Waals surface area (Å²) in [5.74, 6) is 0.0258. The lowest BCUT2D eigenvalue weighted by molar-refractivity contribution is -0.124. The minimum atomic E-state index is -0.541. The van der Waals surface area contributed by atoms with Crippen LogP contribution in [-0.2, 0) is 4.79 Å². The zero-order chi connectivity index (χ0) is 27.4. The van der Waals surface area contributed by atoms with Crippen LogP contribution in [0.25, 0.3) is 11.5 Å². The van der Waals surface area contributed by atoms with E-state index in [4.69, 9.17) is 8.83 Å². The van der Waals surface area contributed by atoms with Gasteiger partial charge in [0.25, 0.3) is 5.89 Å². The molecule has 1 amide bonds. The highest BCUT2D eigenvalue weighted by molar-refractivity contribution is 5.91. The maximum absolute atomic E-state index is 13.4. The van der Waals surface area contributed by atoms with Crippen molar-refractivity contribution in [3.05, 3.63) is 59.9 Å². The number of ketones is 1. The lowest BCUT2D eigenvalue weighted by Crippen LogP contribution is -2.36. The van der Waals surface area contributed by atoms with Gasteiger partial charge in [-0.1, -0.05) is 12.8 Å². The van der Waals surface area contributed by atoms with E-state index in [1.807, 2.05) is 0 Å². The van der Waals surface area contributed by atoms with Gasteiger partial charge >= 0.3 is 0 Å². The van der Waals surface area contributed by atoms with Crippen molar-refractivity contribution < 1.29 is 22.8 Å². The van der Waals surface area contributed by atoms with Crippen LogP contribution in [0.2, 0.25) is 0 Å². The second kappa shape index (κ2) is 11.5. The zero-order valence-corrected chi connectivity index (χ0v) is 22.0. The molecular formula is C29H32FN5O4. The molecule has 204 valence electrons. The molecule has 2 aliphatic rings. The van der Waals surface area contributed by atoms with Crippen molar-refractivity contribution in [2.24, 2.45) is 11.3 Å². The number of carbonyl (C=O) groups is 2. The van der Waals surface area contributed by atoms with Gasteiger partial charge < -0.3 is 19.1 Å². The summed E-state index contributed by atoms with van der Waals surface area (Å²) in [5, 5.41) is 13.0. The summed E-state index contributed by atoms with van der Waals surface area (Å²) in [7, 11) is 2.10. The molecule has 1 aliphatic heterocycles. The van der Waals surface area contributed by atoms with Gasteiger partial charge in [-0.2, -0.15) is 10.2 Å². The average Bonchev–Trinajstić information content (AvgIpc) is 3.28. The third-order valence-electron chi connectivity index (χ3n) is 8.04. The summed E-state index contributed by atoms with van der Waals surface area (Å²) in [6, 6.07) is 7.24. The van der Waals surface area contributed by atoms with Crippen LogP contribution >= 0.6 is 0 Å². The normalized spacial score (nSPS) is 18.9. The summed E-state index contributed by atoms with van der Waals surface area (Å²) >= 11 is 0. The molecule has 0 bridgehead atoms. The predicted octanol–water partition coefficient (Wildman–Crippen LogP) is 5.06. The summed E-state index contributed by atoms with van der Waals surface area (Å²) in [6.07, 6.45) is 8.62. The fourth-order valence-electron chi connectivity index (χ4n) is 5.52. The van der Waals surface area contributed by atoms with Gasteiger partial charge in [0.05, 0.1) is 12.2 Å². The van der Waals surface area contributed by atoms with Crippen LogP contribution in [0.5, 0.6) is 0 Å². The summed E-state index contributed by atoms with van der Waals surface area (Å²) in [5.41, 5.74) is 0.713. The molecule has 1 saturated heterocycles. The molecule has 1 N–H and O–H groups in total. The molecule has 1 aromatic carbocycles. The maximum atomic E-state index is 13.4. The minimum Gasteiger partial charge on any atom is -0.442 e. The Balaban J connectivity index is 1.27. The number of rotatable bonds is 11. The fourth-order valence-corrected chi connectivity index (χ4v) is 5.52. The van der Waals surface area contributed by atoms with Crippen LogP contribution in [-0.4, -0.2) is 46.7 Å². The van der Waals surface area contributed by atoms with Gasteiger partial charge in [0.1, 0.15) is 18.1 Å². The van der Waals surface area contributed by atoms with Crippen molar-refractivity contribution in [3.8, 4) is 17.5 Å². The van der Waals surface area contributed by atoms with Crippen molar-refractivity contribution in [3.63, 3.8) is 0 Å². The monoisotopic (exact) mass is 533 g/mol. The Hall–Kier alpha value is -3.84. The van der Waals surface area contributed by atoms with Crippen molar-refractivity contribution >= 4 is 11.7 Å². The molecule has 2 aromatic heterocycles. The molecule has 10 heteroatoms. The Morgan fingerprint density at radius 3 is 2.69 bits per heavy atom. The Morgan fingerprint density at radius 2 is 2.00 bits per heavy atom. The molecular weight excluding hydrogens is 501 g/mol. The number of nitriles is 1. The summed E-state index contributed by atoms with van der Waals surface area (Å²) in [4.78, 5) is 36.1. The molecule has 2 fully saturated rings. The number of Topliss-reactive ketones (excluding diaryl/α,β-unsaturated/α-hetero) is 1. The van der Waals surface area contributed by atoms with E-state index in [2.05, 4.69) is 33.3 Å². The number of aromatic nitrogens is 2. The number of nitrogens with one attached hydrogen (secondary N) is 1. The average molecular weight is 534 g/mol. The molecule has 1 aliphatic carbocycles. The largest absolute Gasteiger partial charge is 0.442 e. The lowest BCUT2D eigenvalue weighted by Gasteiger charge is -2.30. The number of oxazole rings is 2. The molecule has 3 heterocycles. The number of amides is 1. The standard InChI is InChI=1S/C29H32FN5O4/c1-35-14-11-29(12-15-35)17-21(29)26(37)33-22(5-3-2-4-6-24(36)28-32-13-16-38-28)25-23(18-31)34-27(39-25)19-7-9-20(30)10-8-19/h7-10,13,16,21-22H,2-6,11-12,14-15,17H2,1H3,(H,33,37)/t21?,22-/m0/s1. The van der Waals surface area contributed by atoms with Crippen LogP contribution in [0.1, 0.15) is 79.5 Å². The van der Waals surface area contributed by atoms with Crippen molar-refractivity contribution in [1.82, 2.24) is 20.2 Å². The van der Waals surface area contributed by atoms with Crippen LogP contribution < -0.4 is 5.32 Å². The molecule has 39 heavy (non-hydrogen) atoms. The highest BCUT2D eigenvalue weighted by Gasteiger charge is 2.58. The number of piperidine rings is 1. The topological polar surface area (TPSA) is 125 Å². The van der Waals surface area contributed by atoms with E-state index < -0.39 is 6.04 Å². The van der Waals surface area contributed by atoms with Gasteiger partial charge in [-0.25, -0.2) is 9.37 Å². The summed E-state index contributed by atoms with van der Waals surface area (Å²) in [6.45, 7) is 1.97. The molecule has 3 aromatic rings. The Kier molecular flexibility index (Phi) is 7.89. The molecule has 2 atom stereocenters. The fraction of sp³-hybridized carbons (Fsp3) is 0.483. The quantitative estimate of drug-likeness (QED) is 0.268. The van der Waals surface area contributed by atoms with E-state index >= 15 is 0 Å². The number of benzene rings is 1. The minimum absolute atomic E-state index is 0.0211. The molecule has 0 radical (unpaired) electrons. The van der Waals surface area contributed by atoms with Crippen molar-refractivity contribution in [1.29, 1.82) is 5.26 Å². The van der Waals surface area contributed by atoms with E-state index in [-0.39, 0.29) is 46.3 Å². The predicted molar refractivity (Wildman–Crippen MR) is 139 cm³/mol. The number of carbonyl (C=O) groups excluding carboxylic acids is 2. The second-order valence-corrected chi connectivity index (χ2v) is 10.7. The van der Waals surface area contributed by atoms with Crippen LogP contribution in [0.3, 0.4) is 0 Å². The molecule has 1 spiro atoms. The van der Waals surface area contributed by atoms with E-state index in [1.165, 1.54) is 24.6 Å². The third kappa shape index (κ3) is 6.09. The van der Waals surface area contributed by atoms with Crippen LogP contribution in [0.15, 0.2) is 45.6 Å². The van der Waals surface area contributed by atoms with Gasteiger partial charge in [0.2, 0.25) is 17.6 Å². The zero-order valence-electron chi connectivity index (χ0n) is 22.0. The number of hydrogen-bond acceptors (Lipinski definition) is 8. The first-order chi connectivity index (χ1) is 18.9. The Morgan fingerprint density at radius 1 is 1.23 bits per heavy atom. The number of halogens is 1. The number of unbranched alkanes of at least 4 members (excludes halogenated alkanes) is 2. The van der Waals surface area contributed by atoms with Gasteiger partial charge in [-0.3, -0.25) is 9.59 Å². The molecule has 1 saturated carbocycles. The van der Waals surface area contributed by atoms with E-state index in [9.17, 15) is 19.2 Å². The van der Waals surface area contributed by atoms with Gasteiger partial charge in [-0.15, -0.1) is 0 Å². The summed E-state index contributed by atoms with van der Waals surface area (Å²) < 4.78 is 24.5. The van der Waals surface area contributed by atoms with Crippen molar-refractivity contribution in [2.45, 2.75) is 57.4 Å². The number of hydrogen-bond donors (Lipinski definition) is 1. The molecule has 9 nitrogen and oxygen atoms in total. The van der Waals surface area contributed by atoms with E-state index in [0.29, 0.717) is 37.0 Å². The Labute approximate surface area is 226 Å². The first kappa shape index (κ1) is 26.8. The van der Waals surface area contributed by atoms with E-state index in [1.54, 1.807) is 12.1 Å². The lowest BCUT2D eigenvalue weighted by atomic mass is 9.90. The highest BCUT2D eigenvalue weighted by Crippen LogP contribution is 2.59. The van der Waals surface area contributed by atoms with Gasteiger partial charge in [0.15, 0.2) is 11.5 Å². The van der Waals surface area contributed by atoms with Crippen LogP contribution in [0.4, 0.5) is 4.39 Å². The molecule has 1 unspecified atom stereocenters. The van der Waals surface area contributed by atoms with Crippen molar-refractivity contribution in [2.75, 3.05) is 20.1 Å². The maximum Gasteiger partial charge on any atom is 0.263 e. The first-order valence-electron chi connectivity index (χ1n) is 13.5. The van der Waals surface area contributed by atoms with Gasteiger partial charge in [-0.05, 0) is 81.9 Å². The number of likely N-dealkylation sites (tertiary alicyclic amines) is 1. The Bertz CT molecular complexity index is 1340. The smallest absolute Gasteiger partial charge is 0.263 e.